The van der Waals surface area contributed by atoms with Gasteiger partial charge in [-0.25, -0.2) is 9.07 Å². The summed E-state index contributed by atoms with van der Waals surface area (Å²) in [5, 5.41) is 13.4. The Bertz CT molecular complexity index is 1130. The van der Waals surface area contributed by atoms with E-state index in [0.717, 1.165) is 12.1 Å². The molecule has 0 atom stereocenters. The van der Waals surface area contributed by atoms with E-state index in [4.69, 9.17) is 5.11 Å². The minimum Gasteiger partial charge on any atom is -0.395 e. The minimum absolute atomic E-state index is 0.00134. The molecule has 10 heteroatoms. The van der Waals surface area contributed by atoms with Gasteiger partial charge in [-0.3, -0.25) is 9.78 Å². The third-order valence-corrected chi connectivity index (χ3v) is 5.09. The largest absolute Gasteiger partial charge is 0.416 e. The maximum absolute atomic E-state index is 13.7. The molecule has 162 valence electrons. The van der Waals surface area contributed by atoms with Gasteiger partial charge in [-0.05, 0) is 35.9 Å². The Morgan fingerprint density at radius 1 is 1.16 bits per heavy atom. The number of aliphatic hydroxyl groups excluding tert-OH is 1. The van der Waals surface area contributed by atoms with Gasteiger partial charge >= 0.3 is 6.18 Å². The van der Waals surface area contributed by atoms with Crippen molar-refractivity contribution >= 4 is 5.91 Å². The first-order chi connectivity index (χ1) is 14.8. The number of nitrogens with zero attached hydrogens (tertiary/aromatic N) is 4. The van der Waals surface area contributed by atoms with Gasteiger partial charge in [-0.1, -0.05) is 0 Å². The second kappa shape index (κ2) is 8.10. The van der Waals surface area contributed by atoms with E-state index in [9.17, 15) is 22.4 Å². The molecule has 6 nitrogen and oxygen atoms in total. The van der Waals surface area contributed by atoms with E-state index in [1.54, 1.807) is 21.7 Å². The van der Waals surface area contributed by atoms with Gasteiger partial charge in [0.15, 0.2) is 0 Å². The molecule has 0 saturated carbocycles. The summed E-state index contributed by atoms with van der Waals surface area (Å²) in [7, 11) is 0. The summed E-state index contributed by atoms with van der Waals surface area (Å²) in [4.78, 5) is 18.3. The van der Waals surface area contributed by atoms with Gasteiger partial charge in [-0.15, -0.1) is 0 Å². The number of β-amino-alcohol motifs (C(OH)–C–C–N with tert-alkyl or cyclic N) is 1. The maximum Gasteiger partial charge on any atom is 0.416 e. The van der Waals surface area contributed by atoms with E-state index in [2.05, 4.69) is 10.1 Å². The Balaban J connectivity index is 1.62. The fourth-order valence-corrected chi connectivity index (χ4v) is 3.68. The molecule has 0 aliphatic carbocycles. The third-order valence-electron chi connectivity index (χ3n) is 5.09. The first kappa shape index (κ1) is 21.0. The number of hydrogen-bond donors (Lipinski definition) is 1. The number of alkyl halides is 3. The topological polar surface area (TPSA) is 71.2 Å². The van der Waals surface area contributed by atoms with Crippen LogP contribution in [-0.4, -0.2) is 50.4 Å². The molecular formula is C21H18F4N4O2. The number of carbonyl (C=O) groups excluding carboxylic acids is 1. The molecule has 4 rings (SSSR count). The molecule has 1 aromatic carbocycles. The Labute approximate surface area is 174 Å². The summed E-state index contributed by atoms with van der Waals surface area (Å²) >= 11 is 0. The number of fused-ring (bicyclic) bond motifs is 1. The molecule has 0 saturated heterocycles. The van der Waals surface area contributed by atoms with Crippen LogP contribution in [-0.2, 0) is 19.0 Å². The van der Waals surface area contributed by atoms with E-state index in [-0.39, 0.29) is 31.0 Å². The van der Waals surface area contributed by atoms with Crippen LogP contribution in [0.2, 0.25) is 0 Å². The highest BCUT2D eigenvalue weighted by molar-refractivity contribution is 5.96. The fraction of sp³-hybridized carbons (Fsp3) is 0.286. The molecule has 3 aromatic rings. The van der Waals surface area contributed by atoms with E-state index in [1.807, 2.05) is 0 Å². The number of aliphatic hydroxyl groups is 1. The summed E-state index contributed by atoms with van der Waals surface area (Å²) < 4.78 is 54.2. The maximum atomic E-state index is 13.7. The standard InChI is InChI=1S/C21H18F4N4O2/c22-15-8-13(7-14(10-15)21(23,24)25)9-16-11-17(1-3-26-16)29-19-2-4-28(5-6-30)20(31)18(19)12-27-29/h1,3,7-8,10-12,30H,2,4-6,9H2. The normalized spacial score (nSPS) is 14.1. The van der Waals surface area contributed by atoms with Crippen LogP contribution in [0.4, 0.5) is 17.6 Å². The van der Waals surface area contributed by atoms with Gasteiger partial charge < -0.3 is 10.0 Å². The number of benzene rings is 1. The lowest BCUT2D eigenvalue weighted by Gasteiger charge is -2.26. The lowest BCUT2D eigenvalue weighted by Crippen LogP contribution is -2.39. The minimum atomic E-state index is -4.64. The van der Waals surface area contributed by atoms with E-state index in [1.165, 1.54) is 12.4 Å². The molecule has 0 spiro atoms. The molecular weight excluding hydrogens is 416 g/mol. The second-order valence-corrected chi connectivity index (χ2v) is 7.21. The van der Waals surface area contributed by atoms with Crippen LogP contribution in [0.15, 0.2) is 42.7 Å². The van der Waals surface area contributed by atoms with Crippen LogP contribution in [0, 0.1) is 5.82 Å². The van der Waals surface area contributed by atoms with E-state index in [0.29, 0.717) is 41.7 Å². The van der Waals surface area contributed by atoms with Crippen molar-refractivity contribution in [2.45, 2.75) is 19.0 Å². The highest BCUT2D eigenvalue weighted by Gasteiger charge is 2.31. The third kappa shape index (κ3) is 4.29. The van der Waals surface area contributed by atoms with Crippen LogP contribution in [0.3, 0.4) is 0 Å². The van der Waals surface area contributed by atoms with Gasteiger partial charge in [0.2, 0.25) is 0 Å². The van der Waals surface area contributed by atoms with Gasteiger partial charge in [0, 0.05) is 37.8 Å². The molecule has 1 amide bonds. The zero-order valence-corrected chi connectivity index (χ0v) is 16.2. The van der Waals surface area contributed by atoms with Crippen molar-refractivity contribution in [3.63, 3.8) is 0 Å². The quantitative estimate of drug-likeness (QED) is 0.627. The zero-order valence-electron chi connectivity index (χ0n) is 16.2. The van der Waals surface area contributed by atoms with Gasteiger partial charge in [0.25, 0.3) is 5.91 Å². The Kier molecular flexibility index (Phi) is 5.48. The van der Waals surface area contributed by atoms with Crippen molar-refractivity contribution in [3.8, 4) is 5.69 Å². The molecule has 1 aliphatic rings. The van der Waals surface area contributed by atoms with Gasteiger partial charge in [0.1, 0.15) is 5.82 Å². The number of rotatable bonds is 5. The van der Waals surface area contributed by atoms with Gasteiger partial charge in [0.05, 0.1) is 35.3 Å². The predicted octanol–water partition coefficient (Wildman–Crippen LogP) is 3.01. The summed E-state index contributed by atoms with van der Waals surface area (Å²) in [6.45, 7) is 0.564. The van der Waals surface area contributed by atoms with Crippen LogP contribution in [0.25, 0.3) is 5.69 Å². The molecule has 0 fully saturated rings. The number of aromatic nitrogens is 3. The molecule has 2 aromatic heterocycles. The van der Waals surface area contributed by atoms with Crippen LogP contribution >= 0.6 is 0 Å². The highest BCUT2D eigenvalue weighted by Crippen LogP contribution is 2.31. The highest BCUT2D eigenvalue weighted by atomic mass is 19.4. The molecule has 3 heterocycles. The second-order valence-electron chi connectivity index (χ2n) is 7.21. The van der Waals surface area contributed by atoms with Crippen LogP contribution < -0.4 is 0 Å². The summed E-state index contributed by atoms with van der Waals surface area (Å²) in [5.74, 6) is -1.18. The van der Waals surface area contributed by atoms with Crippen molar-refractivity contribution in [1.29, 1.82) is 0 Å². The van der Waals surface area contributed by atoms with Crippen molar-refractivity contribution in [2.75, 3.05) is 19.7 Å². The van der Waals surface area contributed by atoms with Crippen molar-refractivity contribution in [1.82, 2.24) is 19.7 Å². The average molecular weight is 434 g/mol. The summed E-state index contributed by atoms with van der Waals surface area (Å²) in [5.41, 5.74) is 1.28. The van der Waals surface area contributed by atoms with Crippen LogP contribution in [0.5, 0.6) is 0 Å². The monoisotopic (exact) mass is 434 g/mol. The fourth-order valence-electron chi connectivity index (χ4n) is 3.68. The summed E-state index contributed by atoms with van der Waals surface area (Å²) in [6.07, 6.45) is -1.15. The Morgan fingerprint density at radius 3 is 2.71 bits per heavy atom. The SMILES string of the molecule is O=C1c2cnn(-c3ccnc(Cc4cc(F)cc(C(F)(F)F)c4)c3)c2CCN1CCO. The number of amides is 1. The molecule has 31 heavy (non-hydrogen) atoms. The van der Waals surface area contributed by atoms with E-state index < -0.39 is 17.6 Å². The number of carbonyl (C=O) groups is 1. The predicted molar refractivity (Wildman–Crippen MR) is 102 cm³/mol. The van der Waals surface area contributed by atoms with Crippen molar-refractivity contribution in [2.24, 2.45) is 0 Å². The molecule has 0 bridgehead atoms. The molecule has 1 aliphatic heterocycles. The molecule has 0 radical (unpaired) electrons. The first-order valence-electron chi connectivity index (χ1n) is 9.55. The zero-order chi connectivity index (χ0) is 22.2. The molecule has 0 unspecified atom stereocenters. The Hall–Kier alpha value is -3.27. The average Bonchev–Trinajstić information content (AvgIpc) is 3.14. The number of hydrogen-bond acceptors (Lipinski definition) is 4. The van der Waals surface area contributed by atoms with E-state index >= 15 is 0 Å². The number of halogens is 4. The Morgan fingerprint density at radius 2 is 1.97 bits per heavy atom. The number of pyridine rings is 1. The first-order valence-corrected chi connectivity index (χ1v) is 9.55. The summed E-state index contributed by atoms with van der Waals surface area (Å²) in [6, 6.07) is 5.74. The molecule has 1 N–H and O–H groups in total. The smallest absolute Gasteiger partial charge is 0.395 e. The van der Waals surface area contributed by atoms with Gasteiger partial charge in [-0.2, -0.15) is 18.3 Å². The van der Waals surface area contributed by atoms with Crippen molar-refractivity contribution in [3.05, 3.63) is 76.6 Å². The lowest BCUT2D eigenvalue weighted by molar-refractivity contribution is -0.137. The lowest BCUT2D eigenvalue weighted by atomic mass is 10.0. The van der Waals surface area contributed by atoms with Crippen molar-refractivity contribution < 1.29 is 27.5 Å². The van der Waals surface area contributed by atoms with Crippen LogP contribution in [0.1, 0.15) is 32.9 Å².